The zero-order valence-corrected chi connectivity index (χ0v) is 16.8. The Morgan fingerprint density at radius 2 is 1.71 bits per heavy atom. The minimum Gasteiger partial charge on any atom is -0.481 e. The van der Waals surface area contributed by atoms with Crippen molar-refractivity contribution in [2.75, 3.05) is 16.6 Å². The fraction of sp³-hybridized carbons (Fsp3) is 0.263. The number of benzene rings is 2. The first kappa shape index (κ1) is 21.2. The van der Waals surface area contributed by atoms with Gasteiger partial charge in [-0.25, -0.2) is 13.2 Å². The summed E-state index contributed by atoms with van der Waals surface area (Å²) in [4.78, 5) is 22.0. The van der Waals surface area contributed by atoms with Crippen molar-refractivity contribution in [2.45, 2.75) is 32.6 Å². The molecule has 9 heteroatoms. The predicted molar refractivity (Wildman–Crippen MR) is 105 cm³/mol. The topological polar surface area (TPSA) is 122 Å². The highest BCUT2D eigenvalue weighted by Gasteiger charge is 2.21. The molecule has 2 aromatic rings. The lowest BCUT2D eigenvalue weighted by molar-refractivity contribution is -0.139. The number of aryl methyl sites for hydroxylation is 2. The van der Waals surface area contributed by atoms with Crippen LogP contribution < -0.4 is 14.8 Å². The van der Waals surface area contributed by atoms with Crippen molar-refractivity contribution in [1.29, 1.82) is 0 Å². The molecule has 2 rings (SSSR count). The van der Waals surface area contributed by atoms with Gasteiger partial charge in [0.05, 0.1) is 10.6 Å². The molecule has 1 amide bonds. The third-order valence-electron chi connectivity index (χ3n) is 3.98. The number of anilines is 2. The largest absolute Gasteiger partial charge is 0.481 e. The van der Waals surface area contributed by atoms with E-state index in [1.807, 2.05) is 0 Å². The highest BCUT2D eigenvalue weighted by molar-refractivity contribution is 7.92. The number of carbonyl (C=O) groups is 2. The number of carboxylic acids is 1. The SMILES string of the molecule is CC(=O)Nc1cc(NS(=O)(=O)c2ccc(C)c(OCC(=O)O)c2C)ccc1C. The van der Waals surface area contributed by atoms with E-state index in [-0.39, 0.29) is 22.2 Å². The fourth-order valence-corrected chi connectivity index (χ4v) is 3.97. The molecule has 2 aromatic carbocycles. The Morgan fingerprint density at radius 1 is 1.07 bits per heavy atom. The molecule has 0 fully saturated rings. The van der Waals surface area contributed by atoms with Gasteiger partial charge < -0.3 is 15.2 Å². The lowest BCUT2D eigenvalue weighted by atomic mass is 10.1. The monoisotopic (exact) mass is 406 g/mol. The zero-order valence-electron chi connectivity index (χ0n) is 16.0. The van der Waals surface area contributed by atoms with E-state index in [2.05, 4.69) is 10.0 Å². The van der Waals surface area contributed by atoms with Gasteiger partial charge in [0.15, 0.2) is 6.61 Å². The summed E-state index contributed by atoms with van der Waals surface area (Å²) in [5.41, 5.74) is 2.50. The summed E-state index contributed by atoms with van der Waals surface area (Å²) in [6, 6.07) is 7.79. The van der Waals surface area contributed by atoms with Crippen LogP contribution in [0.3, 0.4) is 0 Å². The summed E-state index contributed by atoms with van der Waals surface area (Å²) in [6.07, 6.45) is 0. The molecule has 0 saturated heterocycles. The summed E-state index contributed by atoms with van der Waals surface area (Å²) >= 11 is 0. The molecule has 0 saturated carbocycles. The zero-order chi connectivity index (χ0) is 21.1. The molecular formula is C19H22N2O6S. The van der Waals surface area contributed by atoms with Gasteiger partial charge in [-0.2, -0.15) is 0 Å². The van der Waals surface area contributed by atoms with Gasteiger partial charge in [0.25, 0.3) is 10.0 Å². The van der Waals surface area contributed by atoms with Crippen LogP contribution in [0, 0.1) is 20.8 Å². The molecule has 0 unspecified atom stereocenters. The lowest BCUT2D eigenvalue weighted by Gasteiger charge is -2.16. The van der Waals surface area contributed by atoms with Gasteiger partial charge in [0.2, 0.25) is 5.91 Å². The standard InChI is InChI=1S/C19H22N2O6S/c1-11-5-7-15(9-16(11)20-14(4)22)21-28(25,26)17-8-6-12(2)19(13(17)3)27-10-18(23)24/h5-9,21H,10H2,1-4H3,(H,20,22)(H,23,24). The van der Waals surface area contributed by atoms with Crippen LogP contribution in [0.1, 0.15) is 23.6 Å². The van der Waals surface area contributed by atoms with E-state index in [4.69, 9.17) is 9.84 Å². The number of sulfonamides is 1. The van der Waals surface area contributed by atoms with Crippen molar-refractivity contribution >= 4 is 33.3 Å². The van der Waals surface area contributed by atoms with Crippen molar-refractivity contribution in [3.63, 3.8) is 0 Å². The Hall–Kier alpha value is -3.07. The first-order valence-corrected chi connectivity index (χ1v) is 9.85. The first-order valence-electron chi connectivity index (χ1n) is 8.37. The molecule has 150 valence electrons. The minimum atomic E-state index is -3.97. The van der Waals surface area contributed by atoms with Crippen molar-refractivity contribution in [2.24, 2.45) is 0 Å². The van der Waals surface area contributed by atoms with E-state index in [0.29, 0.717) is 16.8 Å². The quantitative estimate of drug-likeness (QED) is 0.650. The molecule has 0 spiro atoms. The minimum absolute atomic E-state index is 0.0276. The molecule has 0 aliphatic carbocycles. The summed E-state index contributed by atoms with van der Waals surface area (Å²) < 4.78 is 33.5. The second kappa shape index (κ2) is 8.30. The van der Waals surface area contributed by atoms with Crippen molar-refractivity contribution < 1.29 is 27.9 Å². The van der Waals surface area contributed by atoms with Crippen LogP contribution in [0.2, 0.25) is 0 Å². The number of aliphatic carboxylic acids is 1. The molecule has 0 heterocycles. The maximum atomic E-state index is 12.9. The van der Waals surface area contributed by atoms with Crippen LogP contribution in [0.5, 0.6) is 5.75 Å². The second-order valence-corrected chi connectivity index (χ2v) is 7.98. The Bertz CT molecular complexity index is 1030. The van der Waals surface area contributed by atoms with Gasteiger partial charge in [-0.05, 0) is 50.1 Å². The average Bonchev–Trinajstić information content (AvgIpc) is 2.56. The summed E-state index contributed by atoms with van der Waals surface area (Å²) in [5, 5.41) is 11.5. The molecular weight excluding hydrogens is 384 g/mol. The van der Waals surface area contributed by atoms with Gasteiger partial charge >= 0.3 is 5.97 Å². The van der Waals surface area contributed by atoms with E-state index in [9.17, 15) is 18.0 Å². The number of carbonyl (C=O) groups excluding carboxylic acids is 1. The molecule has 0 aliphatic rings. The van der Waals surface area contributed by atoms with Crippen LogP contribution in [0.25, 0.3) is 0 Å². The Labute approximate surface area is 163 Å². The van der Waals surface area contributed by atoms with E-state index in [1.165, 1.54) is 19.1 Å². The number of carboxylic acid groups (broad SMARTS) is 1. The van der Waals surface area contributed by atoms with Gasteiger partial charge in [0, 0.05) is 18.2 Å². The van der Waals surface area contributed by atoms with Crippen molar-refractivity contribution in [3.05, 3.63) is 47.0 Å². The highest BCUT2D eigenvalue weighted by Crippen LogP contribution is 2.31. The van der Waals surface area contributed by atoms with Crippen molar-refractivity contribution in [3.8, 4) is 5.75 Å². The maximum absolute atomic E-state index is 12.9. The number of hydrogen-bond donors (Lipinski definition) is 3. The Morgan fingerprint density at radius 3 is 2.32 bits per heavy atom. The summed E-state index contributed by atoms with van der Waals surface area (Å²) in [7, 11) is -3.97. The van der Waals surface area contributed by atoms with Gasteiger partial charge in [-0.15, -0.1) is 0 Å². The van der Waals surface area contributed by atoms with Gasteiger partial charge in [-0.3, -0.25) is 9.52 Å². The molecule has 8 nitrogen and oxygen atoms in total. The third-order valence-corrected chi connectivity index (χ3v) is 5.51. The lowest BCUT2D eigenvalue weighted by Crippen LogP contribution is -2.17. The molecule has 0 aromatic heterocycles. The Balaban J connectivity index is 2.39. The van der Waals surface area contributed by atoms with E-state index in [0.717, 1.165) is 5.56 Å². The second-order valence-electron chi connectivity index (χ2n) is 6.33. The normalized spacial score (nSPS) is 11.0. The fourth-order valence-electron chi connectivity index (χ4n) is 2.68. The molecule has 0 atom stereocenters. The molecule has 3 N–H and O–H groups in total. The third kappa shape index (κ3) is 5.01. The smallest absolute Gasteiger partial charge is 0.341 e. The van der Waals surface area contributed by atoms with Crippen LogP contribution in [0.4, 0.5) is 11.4 Å². The Kier molecular flexibility index (Phi) is 6.30. The number of rotatable bonds is 7. The van der Waals surface area contributed by atoms with E-state index < -0.39 is 22.6 Å². The average molecular weight is 406 g/mol. The van der Waals surface area contributed by atoms with E-state index >= 15 is 0 Å². The number of nitrogens with one attached hydrogen (secondary N) is 2. The van der Waals surface area contributed by atoms with Crippen LogP contribution in [-0.2, 0) is 19.6 Å². The predicted octanol–water partition coefficient (Wildman–Crippen LogP) is 2.83. The molecule has 0 aliphatic heterocycles. The summed E-state index contributed by atoms with van der Waals surface area (Å²) in [6.45, 7) is 5.84. The first-order chi connectivity index (χ1) is 13.0. The molecule has 0 bridgehead atoms. The maximum Gasteiger partial charge on any atom is 0.341 e. The number of ether oxygens (including phenoxy) is 1. The van der Waals surface area contributed by atoms with Gasteiger partial charge in [0.1, 0.15) is 5.75 Å². The molecule has 28 heavy (non-hydrogen) atoms. The summed E-state index contributed by atoms with van der Waals surface area (Å²) in [5.74, 6) is -1.21. The number of amides is 1. The van der Waals surface area contributed by atoms with Crippen LogP contribution in [-0.4, -0.2) is 32.0 Å². The molecule has 0 radical (unpaired) electrons. The van der Waals surface area contributed by atoms with Crippen LogP contribution in [0.15, 0.2) is 35.2 Å². The highest BCUT2D eigenvalue weighted by atomic mass is 32.2. The van der Waals surface area contributed by atoms with E-state index in [1.54, 1.807) is 39.0 Å². The number of hydrogen-bond acceptors (Lipinski definition) is 5. The van der Waals surface area contributed by atoms with Crippen molar-refractivity contribution in [1.82, 2.24) is 0 Å². The van der Waals surface area contributed by atoms with Crippen LogP contribution >= 0.6 is 0 Å². The van der Waals surface area contributed by atoms with Gasteiger partial charge in [-0.1, -0.05) is 12.1 Å².